The van der Waals surface area contributed by atoms with Crippen molar-refractivity contribution in [2.24, 2.45) is 5.10 Å². The van der Waals surface area contributed by atoms with Crippen LogP contribution < -0.4 is 18.9 Å². The van der Waals surface area contributed by atoms with Gasteiger partial charge in [-0.15, -0.1) is 0 Å². The number of phenolic OH excluding ortho intramolecular Hbond substituents is 1. The minimum atomic E-state index is -0.523. The van der Waals surface area contributed by atoms with Crippen molar-refractivity contribution in [1.29, 1.82) is 0 Å². The van der Waals surface area contributed by atoms with Crippen LogP contribution in [0.3, 0.4) is 0 Å². The van der Waals surface area contributed by atoms with Gasteiger partial charge < -0.3 is 24.1 Å². The molecule has 0 aliphatic carbocycles. The van der Waals surface area contributed by atoms with Crippen molar-refractivity contribution in [3.8, 4) is 28.7 Å². The highest BCUT2D eigenvalue weighted by Gasteiger charge is 2.42. The topological polar surface area (TPSA) is 72.8 Å². The lowest BCUT2D eigenvalue weighted by Gasteiger charge is -2.38. The maximum Gasteiger partial charge on any atom is 0.217 e. The van der Waals surface area contributed by atoms with Crippen molar-refractivity contribution in [2.75, 3.05) is 21.3 Å². The highest BCUT2D eigenvalue weighted by Crippen LogP contribution is 2.49. The van der Waals surface area contributed by atoms with E-state index in [1.807, 2.05) is 41.4 Å². The van der Waals surface area contributed by atoms with Crippen molar-refractivity contribution in [3.05, 3.63) is 77.4 Å². The lowest BCUT2D eigenvalue weighted by Crippen LogP contribution is -2.33. The Bertz CT molecular complexity index is 1190. The SMILES string of the molecule is COc1ccc(O)c(C2=NN3C(C2)c2ccccc2OC3c2cc(OC)ccc2OC)c1. The van der Waals surface area contributed by atoms with E-state index in [1.165, 1.54) is 0 Å². The summed E-state index contributed by atoms with van der Waals surface area (Å²) >= 11 is 0. The largest absolute Gasteiger partial charge is 0.507 e. The minimum absolute atomic E-state index is 0.0542. The fourth-order valence-electron chi connectivity index (χ4n) is 4.31. The number of hydrogen-bond acceptors (Lipinski definition) is 7. The monoisotopic (exact) mass is 432 g/mol. The van der Waals surface area contributed by atoms with Gasteiger partial charge in [-0.2, -0.15) is 5.10 Å². The van der Waals surface area contributed by atoms with Crippen LogP contribution in [0.1, 0.15) is 35.4 Å². The molecular weight excluding hydrogens is 408 g/mol. The minimum Gasteiger partial charge on any atom is -0.507 e. The molecule has 0 amide bonds. The Morgan fingerprint density at radius 2 is 1.66 bits per heavy atom. The molecule has 2 heterocycles. The second-order valence-corrected chi connectivity index (χ2v) is 7.65. The van der Waals surface area contributed by atoms with E-state index < -0.39 is 6.23 Å². The van der Waals surface area contributed by atoms with Crippen molar-refractivity contribution < 1.29 is 24.1 Å². The van der Waals surface area contributed by atoms with E-state index in [2.05, 4.69) is 6.07 Å². The van der Waals surface area contributed by atoms with Gasteiger partial charge in [-0.1, -0.05) is 18.2 Å². The molecule has 2 atom stereocenters. The van der Waals surface area contributed by atoms with Crippen LogP contribution in [0, 0.1) is 0 Å². The predicted octanol–water partition coefficient (Wildman–Crippen LogP) is 4.66. The van der Waals surface area contributed by atoms with E-state index in [0.717, 1.165) is 22.6 Å². The van der Waals surface area contributed by atoms with Crippen molar-refractivity contribution in [3.63, 3.8) is 0 Å². The Kier molecular flexibility index (Phi) is 5.01. The van der Waals surface area contributed by atoms with Crippen LogP contribution in [0.5, 0.6) is 28.7 Å². The molecule has 3 aromatic carbocycles. The third kappa shape index (κ3) is 3.26. The zero-order valence-corrected chi connectivity index (χ0v) is 18.1. The number of rotatable bonds is 5. The summed E-state index contributed by atoms with van der Waals surface area (Å²) in [5.41, 5.74) is 3.27. The highest BCUT2D eigenvalue weighted by molar-refractivity contribution is 6.04. The lowest BCUT2D eigenvalue weighted by molar-refractivity contribution is -0.0204. The summed E-state index contributed by atoms with van der Waals surface area (Å²) < 4.78 is 22.9. The van der Waals surface area contributed by atoms with E-state index >= 15 is 0 Å². The van der Waals surface area contributed by atoms with E-state index in [-0.39, 0.29) is 11.8 Å². The number of hydrogen-bond donors (Lipinski definition) is 1. The molecule has 0 aromatic heterocycles. The van der Waals surface area contributed by atoms with Gasteiger partial charge in [-0.3, -0.25) is 0 Å². The van der Waals surface area contributed by atoms with Crippen molar-refractivity contribution >= 4 is 5.71 Å². The van der Waals surface area contributed by atoms with Crippen molar-refractivity contribution in [2.45, 2.75) is 18.7 Å². The fourth-order valence-corrected chi connectivity index (χ4v) is 4.31. The lowest BCUT2D eigenvalue weighted by atomic mass is 9.95. The summed E-state index contributed by atoms with van der Waals surface area (Å²) in [5.74, 6) is 3.01. The molecule has 0 radical (unpaired) electrons. The molecule has 2 aliphatic heterocycles. The average molecular weight is 432 g/mol. The van der Waals surface area contributed by atoms with Gasteiger partial charge in [0.25, 0.3) is 0 Å². The molecule has 5 rings (SSSR count). The van der Waals surface area contributed by atoms with Crippen LogP contribution >= 0.6 is 0 Å². The van der Waals surface area contributed by atoms with Gasteiger partial charge in [0, 0.05) is 17.5 Å². The molecule has 2 unspecified atom stereocenters. The molecule has 32 heavy (non-hydrogen) atoms. The number of hydrazone groups is 1. The van der Waals surface area contributed by atoms with Crippen LogP contribution in [0.15, 0.2) is 65.8 Å². The van der Waals surface area contributed by atoms with Crippen LogP contribution in [0.2, 0.25) is 0 Å². The molecule has 1 N–H and O–H groups in total. The van der Waals surface area contributed by atoms with E-state index in [0.29, 0.717) is 29.2 Å². The first-order chi connectivity index (χ1) is 15.6. The number of fused-ring (bicyclic) bond motifs is 3. The molecule has 3 aromatic rings. The first-order valence-electron chi connectivity index (χ1n) is 10.3. The molecule has 0 fully saturated rings. The summed E-state index contributed by atoms with van der Waals surface area (Å²) in [6.45, 7) is 0. The summed E-state index contributed by atoms with van der Waals surface area (Å²) in [4.78, 5) is 0. The molecule has 0 saturated heterocycles. The number of para-hydroxylation sites is 1. The Hall–Kier alpha value is -3.87. The van der Waals surface area contributed by atoms with Gasteiger partial charge in [-0.25, -0.2) is 5.01 Å². The number of ether oxygens (including phenoxy) is 4. The van der Waals surface area contributed by atoms with Crippen molar-refractivity contribution in [1.82, 2.24) is 5.01 Å². The van der Waals surface area contributed by atoms with Crippen LogP contribution in [0.25, 0.3) is 0 Å². The Balaban J connectivity index is 1.64. The van der Waals surface area contributed by atoms with Gasteiger partial charge in [0.15, 0.2) is 0 Å². The van der Waals surface area contributed by atoms with E-state index in [4.69, 9.17) is 24.0 Å². The first kappa shape index (κ1) is 20.1. The van der Waals surface area contributed by atoms with Crippen LogP contribution in [0.4, 0.5) is 0 Å². The quantitative estimate of drug-likeness (QED) is 0.632. The molecule has 2 aliphatic rings. The number of aromatic hydroxyl groups is 1. The molecule has 0 spiro atoms. The van der Waals surface area contributed by atoms with Gasteiger partial charge in [-0.05, 0) is 42.5 Å². The third-order valence-corrected chi connectivity index (χ3v) is 5.92. The molecular formula is C25H24N2O5. The smallest absolute Gasteiger partial charge is 0.217 e. The number of phenols is 1. The van der Waals surface area contributed by atoms with Crippen LogP contribution in [-0.4, -0.2) is 37.2 Å². The zero-order chi connectivity index (χ0) is 22.2. The number of methoxy groups -OCH3 is 3. The standard InChI is InChI=1S/C25H24N2O5/c1-29-15-8-10-22(28)18(12-15)20-14-21-17-6-4-5-7-24(17)32-25(27(21)26-20)19-13-16(30-2)9-11-23(19)31-3/h4-13,21,25,28H,14H2,1-3H3. The molecule has 7 heteroatoms. The Labute approximate surface area is 186 Å². The maximum atomic E-state index is 10.5. The zero-order valence-electron chi connectivity index (χ0n) is 18.1. The molecule has 164 valence electrons. The molecule has 7 nitrogen and oxygen atoms in total. The summed E-state index contributed by atoms with van der Waals surface area (Å²) in [5, 5.41) is 17.4. The highest BCUT2D eigenvalue weighted by atomic mass is 16.5. The predicted molar refractivity (Wildman–Crippen MR) is 120 cm³/mol. The maximum absolute atomic E-state index is 10.5. The summed E-state index contributed by atoms with van der Waals surface area (Å²) in [6, 6.07) is 18.7. The Morgan fingerprint density at radius 3 is 2.44 bits per heavy atom. The summed E-state index contributed by atoms with van der Waals surface area (Å²) in [7, 11) is 4.86. The van der Waals surface area contributed by atoms with Gasteiger partial charge in [0.1, 0.15) is 28.7 Å². The average Bonchev–Trinajstić information content (AvgIpc) is 3.29. The molecule has 0 saturated carbocycles. The summed E-state index contributed by atoms with van der Waals surface area (Å²) in [6.07, 6.45) is 0.0920. The normalized spacial score (nSPS) is 18.8. The van der Waals surface area contributed by atoms with E-state index in [1.54, 1.807) is 39.5 Å². The van der Waals surface area contributed by atoms with Gasteiger partial charge >= 0.3 is 0 Å². The van der Waals surface area contributed by atoms with E-state index in [9.17, 15) is 5.11 Å². The molecule has 0 bridgehead atoms. The third-order valence-electron chi connectivity index (χ3n) is 5.92. The van der Waals surface area contributed by atoms with Gasteiger partial charge in [0.05, 0.1) is 38.6 Å². The second-order valence-electron chi connectivity index (χ2n) is 7.65. The van der Waals surface area contributed by atoms with Crippen LogP contribution in [-0.2, 0) is 0 Å². The second kappa shape index (κ2) is 8.00. The number of nitrogens with zero attached hydrogens (tertiary/aromatic N) is 2. The van der Waals surface area contributed by atoms with Gasteiger partial charge in [0.2, 0.25) is 6.23 Å². The first-order valence-corrected chi connectivity index (χ1v) is 10.3. The fraction of sp³-hybridized carbons (Fsp3) is 0.240. The Morgan fingerprint density at radius 1 is 0.906 bits per heavy atom. The number of benzene rings is 3.